The van der Waals surface area contributed by atoms with Gasteiger partial charge in [-0.15, -0.1) is 0 Å². The van der Waals surface area contributed by atoms with Crippen LogP contribution in [0.1, 0.15) is 44.6 Å². The van der Waals surface area contributed by atoms with Crippen LogP contribution < -0.4 is 15.1 Å². The molecule has 3 aliphatic rings. The highest BCUT2D eigenvalue weighted by atomic mass is 35.5. The summed E-state index contributed by atoms with van der Waals surface area (Å²) in [6.45, 7) is 1.58. The molecule has 1 aromatic carbocycles. The number of nitrogens with one attached hydrogen (secondary N) is 1. The number of carbonyl (C=O) groups excluding carboxylic acids is 3. The Morgan fingerprint density at radius 2 is 1.91 bits per heavy atom. The number of anilines is 2. The Morgan fingerprint density at radius 1 is 1.18 bits per heavy atom. The zero-order chi connectivity index (χ0) is 32.0. The van der Waals surface area contributed by atoms with Gasteiger partial charge < -0.3 is 5.32 Å². The van der Waals surface area contributed by atoms with Crippen LogP contribution in [0, 0.1) is 11.2 Å². The topological polar surface area (TPSA) is 82.6 Å². The predicted octanol–water partition coefficient (Wildman–Crippen LogP) is 6.14. The normalized spacial score (nSPS) is 24.0. The molecule has 2 aromatic rings. The first kappa shape index (κ1) is 31.6. The van der Waals surface area contributed by atoms with Crippen molar-refractivity contribution in [2.45, 2.75) is 69.3 Å². The summed E-state index contributed by atoms with van der Waals surface area (Å²) in [6.07, 6.45) is -0.562. The van der Waals surface area contributed by atoms with E-state index < -0.39 is 83.4 Å². The molecule has 1 aliphatic heterocycles. The average molecular weight is 641 g/mol. The summed E-state index contributed by atoms with van der Waals surface area (Å²) in [5, 5.41) is 2.71. The van der Waals surface area contributed by atoms with Gasteiger partial charge in [0.05, 0.1) is 5.56 Å². The molecule has 2 heterocycles. The molecule has 44 heavy (non-hydrogen) atoms. The highest BCUT2D eigenvalue weighted by Gasteiger charge is 2.53. The highest BCUT2D eigenvalue weighted by Crippen LogP contribution is 2.45. The quantitative estimate of drug-likeness (QED) is 0.369. The standard InChI is InChI=1S/C30H27ClF6N4O3/c1-28(11-3-2-7-22(28)31)25(26(43)39-19-15-29(33,34)16-19)40(20-6-4-5-18(32)14-20)27(44)21-8-9-24(42)41(21)23-13-17(10-12-38-23)30(35,36)37/h2-7,10,12-14,19,21,25H,8-9,11,15-16H2,1H3,(H,39,43)/t21-,25+,28?/m0/s1. The van der Waals surface area contributed by atoms with Crippen LogP contribution in [0.15, 0.2) is 65.9 Å². The first-order valence-electron chi connectivity index (χ1n) is 13.8. The Morgan fingerprint density at radius 3 is 2.55 bits per heavy atom. The lowest BCUT2D eigenvalue weighted by molar-refractivity contribution is -0.138. The monoisotopic (exact) mass is 640 g/mol. The van der Waals surface area contributed by atoms with E-state index in [4.69, 9.17) is 11.6 Å². The van der Waals surface area contributed by atoms with Crippen molar-refractivity contribution >= 4 is 40.8 Å². The minimum atomic E-state index is -4.76. The highest BCUT2D eigenvalue weighted by molar-refractivity contribution is 6.31. The first-order chi connectivity index (χ1) is 20.6. The number of nitrogens with zero attached hydrogens (tertiary/aromatic N) is 3. The summed E-state index contributed by atoms with van der Waals surface area (Å²) in [4.78, 5) is 47.3. The number of hydrogen-bond acceptors (Lipinski definition) is 4. The lowest BCUT2D eigenvalue weighted by Crippen LogP contribution is -2.63. The maximum atomic E-state index is 14.6. The summed E-state index contributed by atoms with van der Waals surface area (Å²) in [6, 6.07) is 2.20. The molecule has 3 amide bonds. The molecular formula is C30H27ClF6N4O3. The number of rotatable bonds is 7. The largest absolute Gasteiger partial charge is 0.416 e. The van der Waals surface area contributed by atoms with Crippen molar-refractivity contribution in [2.75, 3.05) is 9.80 Å². The van der Waals surface area contributed by atoms with E-state index in [1.165, 1.54) is 18.2 Å². The Bertz CT molecular complexity index is 1540. The smallest absolute Gasteiger partial charge is 0.351 e. The van der Waals surface area contributed by atoms with Crippen LogP contribution in [0.5, 0.6) is 0 Å². The van der Waals surface area contributed by atoms with E-state index in [9.17, 15) is 40.7 Å². The zero-order valence-electron chi connectivity index (χ0n) is 23.3. The molecule has 3 atom stereocenters. The van der Waals surface area contributed by atoms with Gasteiger partial charge in [0.1, 0.15) is 23.7 Å². The number of pyridine rings is 1. The molecule has 7 nitrogen and oxygen atoms in total. The third-order valence-electron chi connectivity index (χ3n) is 8.15. The van der Waals surface area contributed by atoms with Gasteiger partial charge in [-0.25, -0.2) is 18.2 Å². The molecule has 5 rings (SSSR count). The van der Waals surface area contributed by atoms with Gasteiger partial charge in [0, 0.05) is 47.6 Å². The predicted molar refractivity (Wildman–Crippen MR) is 149 cm³/mol. The number of alkyl halides is 5. The summed E-state index contributed by atoms with van der Waals surface area (Å²) in [5.41, 5.74) is -2.55. The number of halogens is 7. The van der Waals surface area contributed by atoms with Gasteiger partial charge in [-0.1, -0.05) is 36.7 Å². The maximum Gasteiger partial charge on any atom is 0.416 e. The lowest BCUT2D eigenvalue weighted by Gasteiger charge is -2.46. The first-order valence-corrected chi connectivity index (χ1v) is 14.1. The van der Waals surface area contributed by atoms with E-state index in [0.717, 1.165) is 34.2 Å². The Balaban J connectivity index is 1.61. The third kappa shape index (κ3) is 6.06. The van der Waals surface area contributed by atoms with Crippen LogP contribution >= 0.6 is 11.6 Å². The fourth-order valence-electron chi connectivity index (χ4n) is 5.85. The minimum Gasteiger partial charge on any atom is -0.351 e. The summed E-state index contributed by atoms with van der Waals surface area (Å²) in [5.74, 6) is -6.62. The molecule has 0 spiro atoms. The molecule has 14 heteroatoms. The lowest BCUT2D eigenvalue weighted by atomic mass is 9.74. The number of hydrogen-bond donors (Lipinski definition) is 1. The van der Waals surface area contributed by atoms with E-state index in [2.05, 4.69) is 10.3 Å². The molecular weight excluding hydrogens is 614 g/mol. The summed E-state index contributed by atoms with van der Waals surface area (Å²) >= 11 is 6.64. The molecule has 2 aliphatic carbocycles. The number of amides is 3. The van der Waals surface area contributed by atoms with E-state index in [-0.39, 0.29) is 30.0 Å². The van der Waals surface area contributed by atoms with Crippen molar-refractivity contribution < 1.29 is 40.7 Å². The minimum absolute atomic E-state index is 0.106. The fourth-order valence-corrected chi connectivity index (χ4v) is 6.11. The van der Waals surface area contributed by atoms with Crippen molar-refractivity contribution in [1.82, 2.24) is 10.3 Å². The molecule has 1 unspecified atom stereocenters. The summed E-state index contributed by atoms with van der Waals surface area (Å²) < 4.78 is 82.5. The van der Waals surface area contributed by atoms with E-state index in [0.29, 0.717) is 6.07 Å². The van der Waals surface area contributed by atoms with Crippen LogP contribution in [0.3, 0.4) is 0 Å². The molecule has 1 N–H and O–H groups in total. The van der Waals surface area contributed by atoms with Crippen molar-refractivity contribution in [1.29, 1.82) is 0 Å². The van der Waals surface area contributed by atoms with E-state index in [1.54, 1.807) is 19.1 Å². The van der Waals surface area contributed by atoms with E-state index in [1.807, 2.05) is 0 Å². The number of carbonyl (C=O) groups is 3. The molecule has 1 saturated carbocycles. The van der Waals surface area contributed by atoms with Crippen LogP contribution in [0.4, 0.5) is 37.8 Å². The molecule has 1 aromatic heterocycles. The van der Waals surface area contributed by atoms with Crippen LogP contribution in [-0.2, 0) is 20.6 Å². The Kier molecular flexibility index (Phi) is 8.29. The molecule has 1 saturated heterocycles. The van der Waals surface area contributed by atoms with Crippen LogP contribution in [0.25, 0.3) is 0 Å². The van der Waals surface area contributed by atoms with Crippen molar-refractivity contribution in [2.24, 2.45) is 5.41 Å². The second-order valence-electron chi connectivity index (χ2n) is 11.3. The number of aromatic nitrogens is 1. The van der Waals surface area contributed by atoms with Gasteiger partial charge in [-0.3, -0.25) is 24.2 Å². The van der Waals surface area contributed by atoms with Crippen molar-refractivity contribution in [3.8, 4) is 0 Å². The van der Waals surface area contributed by atoms with Gasteiger partial charge in [-0.05, 0) is 49.2 Å². The molecule has 0 bridgehead atoms. The van der Waals surface area contributed by atoms with Crippen LogP contribution in [0.2, 0.25) is 0 Å². The Hall–Kier alpha value is -3.87. The van der Waals surface area contributed by atoms with Crippen molar-refractivity contribution in [3.63, 3.8) is 0 Å². The second-order valence-corrected chi connectivity index (χ2v) is 11.8. The molecule has 0 radical (unpaired) electrons. The third-order valence-corrected chi connectivity index (χ3v) is 8.71. The molecule has 2 fully saturated rings. The van der Waals surface area contributed by atoms with Gasteiger partial charge in [0.25, 0.3) is 11.8 Å². The maximum absolute atomic E-state index is 14.6. The SMILES string of the molecule is CC1([C@@H](C(=O)NC2CC(F)(F)C2)N(C(=O)[C@@H]2CCC(=O)N2c2cc(C(F)(F)F)ccn2)c2cccc(F)c2)CC=CC=C1Cl. The Labute approximate surface area is 253 Å². The van der Waals surface area contributed by atoms with Gasteiger partial charge >= 0.3 is 6.18 Å². The van der Waals surface area contributed by atoms with Gasteiger partial charge in [-0.2, -0.15) is 13.2 Å². The van der Waals surface area contributed by atoms with E-state index >= 15 is 0 Å². The van der Waals surface area contributed by atoms with Crippen molar-refractivity contribution in [3.05, 3.63) is 77.2 Å². The van der Waals surface area contributed by atoms with Gasteiger partial charge in [0.15, 0.2) is 0 Å². The van der Waals surface area contributed by atoms with Gasteiger partial charge in [0.2, 0.25) is 11.8 Å². The molecule has 234 valence electrons. The van der Waals surface area contributed by atoms with Crippen LogP contribution in [-0.4, -0.2) is 46.8 Å². The zero-order valence-corrected chi connectivity index (χ0v) is 24.0. The number of benzene rings is 1. The number of allylic oxidation sites excluding steroid dienone is 3. The average Bonchev–Trinajstić information content (AvgIpc) is 3.32. The fraction of sp³-hybridized carbons (Fsp3) is 0.400. The second kappa shape index (κ2) is 11.6. The summed E-state index contributed by atoms with van der Waals surface area (Å²) in [7, 11) is 0.